The van der Waals surface area contributed by atoms with E-state index in [-0.39, 0.29) is 26.1 Å². The average Bonchev–Trinajstić information content (AvgIpc) is 3.28. The molecule has 2 rings (SSSR count). The Morgan fingerprint density at radius 3 is 1.24 bits per heavy atom. The third kappa shape index (κ3) is 25.3. The minimum absolute atomic E-state index is 0.173. The second-order valence-corrected chi connectivity index (χ2v) is 18.0. The van der Waals surface area contributed by atoms with Crippen molar-refractivity contribution in [3.05, 3.63) is 0 Å². The van der Waals surface area contributed by atoms with E-state index in [1.165, 1.54) is 122 Å². The Morgan fingerprint density at radius 1 is 0.444 bits per heavy atom. The van der Waals surface area contributed by atoms with E-state index in [0.717, 1.165) is 38.5 Å². The Kier molecular flexibility index (Phi) is 33.5. The fourth-order valence-corrected chi connectivity index (χ4v) is 8.16. The van der Waals surface area contributed by atoms with E-state index in [2.05, 4.69) is 13.8 Å². The van der Waals surface area contributed by atoms with Gasteiger partial charge in [0.1, 0.15) is 55.4 Å². The molecule has 0 saturated carbocycles. The van der Waals surface area contributed by atoms with Gasteiger partial charge < -0.3 is 64.2 Å². The quantitative estimate of drug-likeness (QED) is 0.0260. The molecule has 7 N–H and O–H groups in total. The number of aliphatic hydroxyl groups excluding tert-OH is 7. The van der Waals surface area contributed by atoms with E-state index in [1.54, 1.807) is 0 Å². The number of carbonyl (C=O) groups excluding carboxylic acids is 2. The summed E-state index contributed by atoms with van der Waals surface area (Å²) < 4.78 is 33.5. The van der Waals surface area contributed by atoms with Gasteiger partial charge in [0, 0.05) is 12.8 Å². The third-order valence-corrected chi connectivity index (χ3v) is 12.3. The van der Waals surface area contributed by atoms with Crippen molar-refractivity contribution in [1.29, 1.82) is 0 Å². The number of rotatable bonds is 39. The first-order valence-corrected chi connectivity index (χ1v) is 25.1. The van der Waals surface area contributed by atoms with E-state index in [4.69, 9.17) is 28.4 Å². The summed E-state index contributed by atoms with van der Waals surface area (Å²) in [6.07, 6.45) is 15.7. The zero-order chi connectivity index (χ0) is 46.1. The molecular weight excluding hydrogens is 817 g/mol. The highest BCUT2D eigenvalue weighted by atomic mass is 16.7. The van der Waals surface area contributed by atoms with Crippen LogP contribution in [-0.4, -0.2) is 142 Å². The van der Waals surface area contributed by atoms with Crippen LogP contribution in [0.5, 0.6) is 0 Å². The smallest absolute Gasteiger partial charge is 0.306 e. The van der Waals surface area contributed by atoms with Crippen molar-refractivity contribution in [3.8, 4) is 0 Å². The molecular formula is C48H90O15. The molecule has 0 bridgehead atoms. The SMILES string of the molecule is CCCCCCCCCCCCCCCCCCCC(=O)O[C@H](COC(=O)CCCCCCCCCCCC)CO[C@H]1O[C@@H](CO[C@H]2O[C@@H](CO)[C@@H](O)C(O)C2O)[C@@H](O)C(O)C1O. The van der Waals surface area contributed by atoms with Crippen LogP contribution in [-0.2, 0) is 38.0 Å². The standard InChI is InChI=1S/C48H90O15/c1-3-5-7-9-11-13-15-16-17-18-19-20-21-23-25-27-29-31-40(51)61-36(33-58-39(50)30-28-26-24-22-14-12-10-8-6-4-2)34-59-47-46(57)44(55)42(53)38(63-47)35-60-48-45(56)43(54)41(52)37(32-49)62-48/h36-38,41-49,52-57H,3-35H2,1-2H3/t36-,37+,38+,41-,42-,43?,44?,45?,46?,47+,48+/m1/s1. The molecule has 0 radical (unpaired) electrons. The molecule has 0 spiro atoms. The van der Waals surface area contributed by atoms with E-state index >= 15 is 0 Å². The van der Waals surface area contributed by atoms with Gasteiger partial charge in [0.25, 0.3) is 0 Å². The van der Waals surface area contributed by atoms with Gasteiger partial charge >= 0.3 is 11.9 Å². The molecule has 0 aromatic carbocycles. The maximum Gasteiger partial charge on any atom is 0.306 e. The van der Waals surface area contributed by atoms with Crippen molar-refractivity contribution >= 4 is 11.9 Å². The second kappa shape index (κ2) is 36.6. The first kappa shape index (κ1) is 57.6. The molecule has 372 valence electrons. The summed E-state index contributed by atoms with van der Waals surface area (Å²) in [5.41, 5.74) is 0. The number of hydrogen-bond acceptors (Lipinski definition) is 15. The molecule has 2 aliphatic heterocycles. The van der Waals surface area contributed by atoms with Gasteiger partial charge in [0.05, 0.1) is 19.8 Å². The Bertz CT molecular complexity index is 1110. The minimum atomic E-state index is -1.76. The molecule has 2 heterocycles. The highest BCUT2D eigenvalue weighted by Gasteiger charge is 2.47. The fourth-order valence-electron chi connectivity index (χ4n) is 8.16. The number of esters is 2. The maximum absolute atomic E-state index is 13.0. The van der Waals surface area contributed by atoms with Gasteiger partial charge in [-0.1, -0.05) is 174 Å². The monoisotopic (exact) mass is 907 g/mol. The summed E-state index contributed by atoms with van der Waals surface area (Å²) in [4.78, 5) is 25.7. The van der Waals surface area contributed by atoms with E-state index in [9.17, 15) is 45.3 Å². The molecule has 0 aliphatic carbocycles. The second-order valence-electron chi connectivity index (χ2n) is 18.0. The first-order chi connectivity index (χ1) is 30.5. The summed E-state index contributed by atoms with van der Waals surface area (Å²) in [5, 5.41) is 71.9. The Hall–Kier alpha value is -1.50. The first-order valence-electron chi connectivity index (χ1n) is 25.1. The van der Waals surface area contributed by atoms with Crippen molar-refractivity contribution in [3.63, 3.8) is 0 Å². The highest BCUT2D eigenvalue weighted by Crippen LogP contribution is 2.26. The van der Waals surface area contributed by atoms with Crippen molar-refractivity contribution < 1.29 is 73.8 Å². The van der Waals surface area contributed by atoms with Crippen LogP contribution in [0.15, 0.2) is 0 Å². The molecule has 2 saturated heterocycles. The van der Waals surface area contributed by atoms with Crippen molar-refractivity contribution in [1.82, 2.24) is 0 Å². The lowest BCUT2D eigenvalue weighted by Crippen LogP contribution is -2.61. The van der Waals surface area contributed by atoms with Crippen LogP contribution in [0.1, 0.15) is 200 Å². The predicted molar refractivity (Wildman–Crippen MR) is 238 cm³/mol. The number of ether oxygens (including phenoxy) is 6. The Morgan fingerprint density at radius 2 is 0.810 bits per heavy atom. The van der Waals surface area contributed by atoms with E-state index in [1.807, 2.05) is 0 Å². The van der Waals surface area contributed by atoms with Crippen LogP contribution in [0.3, 0.4) is 0 Å². The van der Waals surface area contributed by atoms with Gasteiger partial charge in [-0.2, -0.15) is 0 Å². The van der Waals surface area contributed by atoms with Crippen LogP contribution in [0.4, 0.5) is 0 Å². The van der Waals surface area contributed by atoms with E-state index < -0.39 is 92.7 Å². The van der Waals surface area contributed by atoms with Gasteiger partial charge in [0.15, 0.2) is 18.7 Å². The summed E-state index contributed by atoms with van der Waals surface area (Å²) >= 11 is 0. The highest BCUT2D eigenvalue weighted by molar-refractivity contribution is 5.70. The molecule has 63 heavy (non-hydrogen) atoms. The molecule has 15 nitrogen and oxygen atoms in total. The van der Waals surface area contributed by atoms with Crippen LogP contribution >= 0.6 is 0 Å². The third-order valence-electron chi connectivity index (χ3n) is 12.3. The number of carbonyl (C=O) groups is 2. The molecule has 2 fully saturated rings. The fraction of sp³-hybridized carbons (Fsp3) is 0.958. The van der Waals surface area contributed by atoms with Gasteiger partial charge in [0.2, 0.25) is 0 Å². The summed E-state index contributed by atoms with van der Waals surface area (Å²) in [5.74, 6) is -0.914. The zero-order valence-electron chi connectivity index (χ0n) is 39.1. The normalized spacial score (nSPS) is 26.7. The van der Waals surface area contributed by atoms with Gasteiger partial charge in [-0.3, -0.25) is 9.59 Å². The van der Waals surface area contributed by atoms with Crippen LogP contribution in [0, 0.1) is 0 Å². The van der Waals surface area contributed by atoms with Crippen molar-refractivity contribution in [2.45, 2.75) is 268 Å². The van der Waals surface area contributed by atoms with Crippen molar-refractivity contribution in [2.24, 2.45) is 0 Å². The Labute approximate surface area is 378 Å². The average molecular weight is 907 g/mol. The molecule has 0 amide bonds. The van der Waals surface area contributed by atoms with Gasteiger partial charge in [-0.25, -0.2) is 0 Å². The minimum Gasteiger partial charge on any atom is -0.462 e. The maximum atomic E-state index is 13.0. The lowest BCUT2D eigenvalue weighted by Gasteiger charge is -2.42. The van der Waals surface area contributed by atoms with Crippen molar-refractivity contribution in [2.75, 3.05) is 26.4 Å². The summed E-state index contributed by atoms with van der Waals surface area (Å²) in [7, 11) is 0. The van der Waals surface area contributed by atoms with E-state index in [0.29, 0.717) is 12.8 Å². The predicted octanol–water partition coefficient (Wildman–Crippen LogP) is 6.43. The molecule has 0 aromatic rings. The summed E-state index contributed by atoms with van der Waals surface area (Å²) in [6, 6.07) is 0. The summed E-state index contributed by atoms with van der Waals surface area (Å²) in [6.45, 7) is 2.60. The lowest BCUT2D eigenvalue weighted by atomic mass is 9.98. The van der Waals surface area contributed by atoms with Crippen LogP contribution < -0.4 is 0 Å². The zero-order valence-corrected chi connectivity index (χ0v) is 39.1. The Balaban J connectivity index is 1.80. The largest absolute Gasteiger partial charge is 0.462 e. The van der Waals surface area contributed by atoms with Crippen LogP contribution in [0.2, 0.25) is 0 Å². The molecule has 0 aromatic heterocycles. The number of hydrogen-bond donors (Lipinski definition) is 7. The molecule has 2 aliphatic rings. The topological polar surface area (TPSA) is 231 Å². The number of unbranched alkanes of at least 4 members (excludes halogenated alkanes) is 25. The number of aliphatic hydroxyl groups is 7. The molecule has 4 unspecified atom stereocenters. The lowest BCUT2D eigenvalue weighted by molar-refractivity contribution is -0.332. The van der Waals surface area contributed by atoms with Gasteiger partial charge in [-0.05, 0) is 12.8 Å². The van der Waals surface area contributed by atoms with Gasteiger partial charge in [-0.15, -0.1) is 0 Å². The van der Waals surface area contributed by atoms with Crippen LogP contribution in [0.25, 0.3) is 0 Å². The molecule has 11 atom stereocenters. The molecule has 15 heteroatoms.